The van der Waals surface area contributed by atoms with Gasteiger partial charge in [0, 0.05) is 5.56 Å². The molecule has 0 saturated heterocycles. The van der Waals surface area contributed by atoms with E-state index in [0.717, 1.165) is 33.8 Å². The van der Waals surface area contributed by atoms with Gasteiger partial charge in [0.2, 0.25) is 0 Å². The molecule has 0 aromatic heterocycles. The second-order valence-corrected chi connectivity index (χ2v) is 6.02. The highest BCUT2D eigenvalue weighted by Crippen LogP contribution is 2.34. The van der Waals surface area contributed by atoms with E-state index in [1.165, 1.54) is 0 Å². The summed E-state index contributed by atoms with van der Waals surface area (Å²) in [6.45, 7) is 5.09. The summed E-state index contributed by atoms with van der Waals surface area (Å²) in [7, 11) is 0. The smallest absolute Gasteiger partial charge is 0.150 e. The molecular formula is C13H16Br2O2. The molecule has 1 aromatic carbocycles. The lowest BCUT2D eigenvalue weighted by atomic mass is 10.1. The minimum absolute atomic E-state index is 0.623. The third-order valence-electron chi connectivity index (χ3n) is 2.33. The third kappa shape index (κ3) is 4.80. The molecule has 0 radical (unpaired) electrons. The molecule has 1 aromatic rings. The topological polar surface area (TPSA) is 26.3 Å². The molecule has 0 heterocycles. The predicted octanol–water partition coefficient (Wildman–Crippen LogP) is 4.84. The minimum atomic E-state index is 0.623. The SMILES string of the molecule is CC(C)CCCOc1c(Br)cc(C=O)cc1Br. The molecule has 0 amide bonds. The fraction of sp³-hybridized carbons (Fsp3) is 0.462. The maximum absolute atomic E-state index is 10.7. The zero-order valence-electron chi connectivity index (χ0n) is 10.0. The molecule has 0 N–H and O–H groups in total. The Morgan fingerprint density at radius 2 is 1.88 bits per heavy atom. The average Bonchev–Trinajstić information content (AvgIpc) is 2.26. The number of hydrogen-bond donors (Lipinski definition) is 0. The van der Waals surface area contributed by atoms with Gasteiger partial charge in [-0.15, -0.1) is 0 Å². The number of carbonyl (C=O) groups is 1. The van der Waals surface area contributed by atoms with E-state index in [1.54, 1.807) is 12.1 Å². The lowest BCUT2D eigenvalue weighted by Crippen LogP contribution is -2.01. The van der Waals surface area contributed by atoms with Crippen LogP contribution in [0.2, 0.25) is 0 Å². The number of rotatable bonds is 6. The minimum Gasteiger partial charge on any atom is -0.491 e. The van der Waals surface area contributed by atoms with Gasteiger partial charge < -0.3 is 4.74 Å². The van der Waals surface area contributed by atoms with E-state index in [2.05, 4.69) is 45.7 Å². The lowest BCUT2D eigenvalue weighted by molar-refractivity contribution is 0.112. The average molecular weight is 364 g/mol. The first kappa shape index (κ1) is 14.7. The first-order valence-corrected chi connectivity index (χ1v) is 7.20. The molecule has 17 heavy (non-hydrogen) atoms. The Morgan fingerprint density at radius 1 is 1.29 bits per heavy atom. The van der Waals surface area contributed by atoms with E-state index in [9.17, 15) is 4.79 Å². The fourth-order valence-corrected chi connectivity index (χ4v) is 2.90. The van der Waals surface area contributed by atoms with Crippen molar-refractivity contribution in [3.05, 3.63) is 26.6 Å². The van der Waals surface area contributed by atoms with Crippen LogP contribution in [-0.2, 0) is 0 Å². The van der Waals surface area contributed by atoms with Crippen molar-refractivity contribution in [3.63, 3.8) is 0 Å². The van der Waals surface area contributed by atoms with Crippen LogP contribution in [0.4, 0.5) is 0 Å². The van der Waals surface area contributed by atoms with Crippen LogP contribution >= 0.6 is 31.9 Å². The van der Waals surface area contributed by atoms with E-state index in [-0.39, 0.29) is 0 Å². The third-order valence-corrected chi connectivity index (χ3v) is 3.51. The van der Waals surface area contributed by atoms with Crippen molar-refractivity contribution in [1.82, 2.24) is 0 Å². The van der Waals surface area contributed by atoms with Gasteiger partial charge in [-0.1, -0.05) is 13.8 Å². The van der Waals surface area contributed by atoms with Crippen molar-refractivity contribution in [2.75, 3.05) is 6.61 Å². The Labute approximate surface area is 119 Å². The molecule has 0 saturated carbocycles. The Balaban J connectivity index is 2.62. The Hall–Kier alpha value is -0.350. The molecule has 0 atom stereocenters. The van der Waals surface area contributed by atoms with Crippen molar-refractivity contribution in [3.8, 4) is 5.75 Å². The molecule has 0 aliphatic carbocycles. The highest BCUT2D eigenvalue weighted by Gasteiger charge is 2.08. The molecule has 2 nitrogen and oxygen atoms in total. The van der Waals surface area contributed by atoms with Crippen LogP contribution in [0.3, 0.4) is 0 Å². The number of carbonyl (C=O) groups excluding carboxylic acids is 1. The monoisotopic (exact) mass is 362 g/mol. The van der Waals surface area contributed by atoms with Crippen molar-refractivity contribution in [2.45, 2.75) is 26.7 Å². The molecule has 0 aliphatic heterocycles. The number of halogens is 2. The summed E-state index contributed by atoms with van der Waals surface area (Å²) in [4.78, 5) is 10.7. The van der Waals surface area contributed by atoms with E-state index < -0.39 is 0 Å². The second-order valence-electron chi connectivity index (χ2n) is 4.32. The number of aldehydes is 1. The normalized spacial score (nSPS) is 10.6. The van der Waals surface area contributed by atoms with Crippen LogP contribution in [0.1, 0.15) is 37.0 Å². The van der Waals surface area contributed by atoms with Crippen LogP contribution in [-0.4, -0.2) is 12.9 Å². The molecule has 0 unspecified atom stereocenters. The molecular weight excluding hydrogens is 348 g/mol. The summed E-state index contributed by atoms with van der Waals surface area (Å²) in [5, 5.41) is 0. The van der Waals surface area contributed by atoms with Gasteiger partial charge in [0.05, 0.1) is 15.6 Å². The van der Waals surface area contributed by atoms with Crippen molar-refractivity contribution < 1.29 is 9.53 Å². The summed E-state index contributed by atoms with van der Waals surface area (Å²) >= 11 is 6.81. The Morgan fingerprint density at radius 3 is 2.35 bits per heavy atom. The quantitative estimate of drug-likeness (QED) is 0.534. The van der Waals surface area contributed by atoms with Crippen LogP contribution in [0.5, 0.6) is 5.75 Å². The maximum Gasteiger partial charge on any atom is 0.150 e. The molecule has 4 heteroatoms. The summed E-state index contributed by atoms with van der Waals surface area (Å²) in [6.07, 6.45) is 3.01. The fourth-order valence-electron chi connectivity index (χ4n) is 1.45. The summed E-state index contributed by atoms with van der Waals surface area (Å²) in [5.74, 6) is 1.46. The van der Waals surface area contributed by atoms with Gasteiger partial charge in [0.15, 0.2) is 0 Å². The molecule has 0 aliphatic rings. The van der Waals surface area contributed by atoms with Gasteiger partial charge in [-0.2, -0.15) is 0 Å². The van der Waals surface area contributed by atoms with Crippen LogP contribution in [0.25, 0.3) is 0 Å². The standard InChI is InChI=1S/C13H16Br2O2/c1-9(2)4-3-5-17-13-11(14)6-10(8-16)7-12(13)15/h6-9H,3-5H2,1-2H3. The highest BCUT2D eigenvalue weighted by molar-refractivity contribution is 9.11. The van der Waals surface area contributed by atoms with Crippen molar-refractivity contribution in [1.29, 1.82) is 0 Å². The molecule has 1 rings (SSSR count). The van der Waals surface area contributed by atoms with Gasteiger partial charge in [0.25, 0.3) is 0 Å². The summed E-state index contributed by atoms with van der Waals surface area (Å²) in [6, 6.07) is 3.52. The van der Waals surface area contributed by atoms with E-state index in [4.69, 9.17) is 4.74 Å². The van der Waals surface area contributed by atoms with E-state index in [1.807, 2.05) is 0 Å². The van der Waals surface area contributed by atoms with Gasteiger partial charge in [0.1, 0.15) is 12.0 Å². The van der Waals surface area contributed by atoms with Crippen molar-refractivity contribution >= 4 is 38.1 Å². The molecule has 0 fully saturated rings. The van der Waals surface area contributed by atoms with Gasteiger partial charge in [-0.05, 0) is 62.8 Å². The van der Waals surface area contributed by atoms with Gasteiger partial charge in [-0.3, -0.25) is 4.79 Å². The van der Waals surface area contributed by atoms with Crippen molar-refractivity contribution in [2.24, 2.45) is 5.92 Å². The molecule has 0 spiro atoms. The predicted molar refractivity (Wildman–Crippen MR) is 76.8 cm³/mol. The summed E-state index contributed by atoms with van der Waals surface area (Å²) < 4.78 is 7.32. The maximum atomic E-state index is 10.7. The van der Waals surface area contributed by atoms with Gasteiger partial charge >= 0.3 is 0 Å². The van der Waals surface area contributed by atoms with E-state index >= 15 is 0 Å². The Bertz CT molecular complexity index is 366. The second kappa shape index (κ2) is 7.17. The first-order valence-electron chi connectivity index (χ1n) is 5.61. The number of ether oxygens (including phenoxy) is 1. The molecule has 94 valence electrons. The van der Waals surface area contributed by atoms with Crippen LogP contribution < -0.4 is 4.74 Å². The highest BCUT2D eigenvalue weighted by atomic mass is 79.9. The largest absolute Gasteiger partial charge is 0.491 e. The summed E-state index contributed by atoms with van der Waals surface area (Å²) in [5.41, 5.74) is 0.623. The van der Waals surface area contributed by atoms with Crippen LogP contribution in [0.15, 0.2) is 21.1 Å². The molecule has 0 bridgehead atoms. The first-order chi connectivity index (χ1) is 8.04. The number of benzene rings is 1. The zero-order chi connectivity index (χ0) is 12.8. The van der Waals surface area contributed by atoms with Gasteiger partial charge in [-0.25, -0.2) is 0 Å². The van der Waals surface area contributed by atoms with Crippen LogP contribution in [0, 0.1) is 5.92 Å². The zero-order valence-corrected chi connectivity index (χ0v) is 13.2. The number of hydrogen-bond acceptors (Lipinski definition) is 2. The van der Waals surface area contributed by atoms with E-state index in [0.29, 0.717) is 18.1 Å². The lowest BCUT2D eigenvalue weighted by Gasteiger charge is -2.11. The Kier molecular flexibility index (Phi) is 6.20.